The summed E-state index contributed by atoms with van der Waals surface area (Å²) in [5.74, 6) is -0.521. The van der Waals surface area contributed by atoms with Gasteiger partial charge in [0, 0.05) is 42.7 Å². The molecule has 0 fully saturated rings. The normalized spacial score (nSPS) is 10.9. The van der Waals surface area contributed by atoms with Crippen LogP contribution in [0.15, 0.2) is 85.3 Å². The van der Waals surface area contributed by atoms with E-state index in [0.717, 1.165) is 27.9 Å². The first-order valence-corrected chi connectivity index (χ1v) is 10.9. The number of aryl methyl sites for hydroxylation is 1. The third-order valence-electron chi connectivity index (χ3n) is 5.07. The van der Waals surface area contributed by atoms with Gasteiger partial charge in [0.2, 0.25) is 11.8 Å². The molecule has 7 heteroatoms. The van der Waals surface area contributed by atoms with E-state index in [2.05, 4.69) is 15.6 Å². The molecule has 0 radical (unpaired) electrons. The first kappa shape index (κ1) is 22.7. The van der Waals surface area contributed by atoms with Gasteiger partial charge in [-0.15, -0.1) is 0 Å². The Morgan fingerprint density at radius 1 is 1.00 bits per heavy atom. The van der Waals surface area contributed by atoms with E-state index in [-0.39, 0.29) is 11.8 Å². The van der Waals surface area contributed by atoms with Gasteiger partial charge in [0.25, 0.3) is 0 Å². The molecule has 0 saturated carbocycles. The topological polar surface area (TPSA) is 88.9 Å². The molecule has 170 valence electrons. The smallest absolute Gasteiger partial charge is 0.248 e. The minimum absolute atomic E-state index is 0.207. The van der Waals surface area contributed by atoms with Crippen LogP contribution in [-0.4, -0.2) is 26.6 Å². The van der Waals surface area contributed by atoms with Crippen LogP contribution >= 0.6 is 0 Å². The molecule has 2 aromatic carbocycles. The van der Waals surface area contributed by atoms with Crippen molar-refractivity contribution in [2.45, 2.75) is 20.4 Å². The number of hydrogen-bond acceptors (Lipinski definition) is 4. The van der Waals surface area contributed by atoms with Gasteiger partial charge in [-0.05, 0) is 48.4 Å². The lowest BCUT2D eigenvalue weighted by molar-refractivity contribution is -0.114. The van der Waals surface area contributed by atoms with Gasteiger partial charge in [0.1, 0.15) is 5.69 Å². The van der Waals surface area contributed by atoms with E-state index in [1.165, 1.54) is 13.0 Å². The zero-order chi connectivity index (χ0) is 23.9. The molecular formula is C27H25N5O2. The second-order valence-corrected chi connectivity index (χ2v) is 7.91. The number of anilines is 2. The van der Waals surface area contributed by atoms with Gasteiger partial charge >= 0.3 is 0 Å². The molecule has 0 aliphatic rings. The van der Waals surface area contributed by atoms with Crippen LogP contribution in [0.4, 0.5) is 11.4 Å². The summed E-state index contributed by atoms with van der Waals surface area (Å²) in [4.78, 5) is 28.4. The van der Waals surface area contributed by atoms with Gasteiger partial charge in [-0.3, -0.25) is 19.3 Å². The largest absolute Gasteiger partial charge is 0.325 e. The third kappa shape index (κ3) is 5.83. The Labute approximate surface area is 198 Å². The highest BCUT2D eigenvalue weighted by molar-refractivity contribution is 6.05. The van der Waals surface area contributed by atoms with Crippen molar-refractivity contribution in [3.05, 3.63) is 102 Å². The number of hydrogen-bond donors (Lipinski definition) is 2. The van der Waals surface area contributed by atoms with E-state index >= 15 is 0 Å². The maximum atomic E-state index is 12.7. The summed E-state index contributed by atoms with van der Waals surface area (Å²) in [7, 11) is 0. The summed E-state index contributed by atoms with van der Waals surface area (Å²) < 4.78 is 1.85. The number of nitrogens with one attached hydrogen (secondary N) is 2. The number of carbonyl (C=O) groups excluding carboxylic acids is 2. The van der Waals surface area contributed by atoms with Gasteiger partial charge in [-0.2, -0.15) is 5.10 Å². The quantitative estimate of drug-likeness (QED) is 0.391. The summed E-state index contributed by atoms with van der Waals surface area (Å²) in [5.41, 5.74) is 5.58. The molecule has 2 N–H and O–H groups in total. The fraction of sp³-hybridized carbons (Fsp3) is 0.111. The van der Waals surface area contributed by atoms with Gasteiger partial charge < -0.3 is 10.6 Å². The average molecular weight is 452 g/mol. The first-order valence-electron chi connectivity index (χ1n) is 10.9. The third-order valence-corrected chi connectivity index (χ3v) is 5.07. The molecule has 0 spiro atoms. The molecule has 0 bridgehead atoms. The Hall–Kier alpha value is -4.52. The van der Waals surface area contributed by atoms with Crippen molar-refractivity contribution in [1.82, 2.24) is 14.8 Å². The maximum Gasteiger partial charge on any atom is 0.248 e. The van der Waals surface area contributed by atoms with Crippen LogP contribution in [0.1, 0.15) is 23.6 Å². The molecule has 0 unspecified atom stereocenters. The van der Waals surface area contributed by atoms with Gasteiger partial charge in [0.15, 0.2) is 0 Å². The lowest BCUT2D eigenvalue weighted by Crippen LogP contribution is -2.13. The van der Waals surface area contributed by atoms with Crippen molar-refractivity contribution in [2.75, 3.05) is 10.6 Å². The van der Waals surface area contributed by atoms with Crippen LogP contribution < -0.4 is 10.6 Å². The highest BCUT2D eigenvalue weighted by Gasteiger charge is 2.11. The van der Waals surface area contributed by atoms with E-state index in [4.69, 9.17) is 5.10 Å². The molecular weight excluding hydrogens is 426 g/mol. The highest BCUT2D eigenvalue weighted by atomic mass is 16.2. The SMILES string of the molecule is CC(=O)Nc1ccc(C)cc1NC(=O)/C=C/c1cn(Cc2ccccc2)nc1-c1cccnc1. The van der Waals surface area contributed by atoms with Crippen LogP contribution in [0.5, 0.6) is 0 Å². The first-order chi connectivity index (χ1) is 16.5. The summed E-state index contributed by atoms with van der Waals surface area (Å²) in [6.07, 6.45) is 8.57. The van der Waals surface area contributed by atoms with E-state index in [9.17, 15) is 9.59 Å². The maximum absolute atomic E-state index is 12.7. The molecule has 0 atom stereocenters. The van der Waals surface area contributed by atoms with Gasteiger partial charge in [0.05, 0.1) is 17.9 Å². The minimum Gasteiger partial charge on any atom is -0.325 e. The van der Waals surface area contributed by atoms with Crippen LogP contribution in [0.2, 0.25) is 0 Å². The van der Waals surface area contributed by atoms with E-state index in [1.54, 1.807) is 24.5 Å². The second-order valence-electron chi connectivity index (χ2n) is 7.91. The predicted molar refractivity (Wildman–Crippen MR) is 134 cm³/mol. The summed E-state index contributed by atoms with van der Waals surface area (Å²) in [6.45, 7) is 3.96. The standard InChI is InChI=1S/C27H25N5O2/c1-19-10-12-24(29-20(2)33)25(15-19)30-26(34)13-11-23-18-32(17-21-7-4-3-5-8-21)31-27(23)22-9-6-14-28-16-22/h3-16,18H,17H2,1-2H3,(H,29,33)(H,30,34)/b13-11+. The lowest BCUT2D eigenvalue weighted by atomic mass is 10.1. The van der Waals surface area contributed by atoms with E-state index in [0.29, 0.717) is 17.9 Å². The molecule has 2 amide bonds. The van der Waals surface area contributed by atoms with E-state index < -0.39 is 0 Å². The van der Waals surface area contributed by atoms with Crippen molar-refractivity contribution in [2.24, 2.45) is 0 Å². The monoisotopic (exact) mass is 451 g/mol. The Balaban J connectivity index is 1.59. The Morgan fingerprint density at radius 3 is 2.56 bits per heavy atom. The number of nitrogens with zero attached hydrogens (tertiary/aromatic N) is 3. The molecule has 34 heavy (non-hydrogen) atoms. The average Bonchev–Trinajstić information content (AvgIpc) is 3.23. The number of aromatic nitrogens is 3. The number of carbonyl (C=O) groups is 2. The molecule has 7 nitrogen and oxygen atoms in total. The molecule has 0 saturated heterocycles. The van der Waals surface area contributed by atoms with Crippen molar-refractivity contribution in [3.63, 3.8) is 0 Å². The van der Waals surface area contributed by atoms with Crippen molar-refractivity contribution in [3.8, 4) is 11.3 Å². The number of rotatable bonds is 7. The van der Waals surface area contributed by atoms with Crippen molar-refractivity contribution >= 4 is 29.3 Å². The zero-order valence-electron chi connectivity index (χ0n) is 19.0. The summed E-state index contributed by atoms with van der Waals surface area (Å²) >= 11 is 0. The molecule has 4 aromatic rings. The summed E-state index contributed by atoms with van der Waals surface area (Å²) in [6, 6.07) is 19.3. The molecule has 4 rings (SSSR count). The fourth-order valence-electron chi connectivity index (χ4n) is 3.54. The minimum atomic E-state index is -0.315. The van der Waals surface area contributed by atoms with Crippen molar-refractivity contribution < 1.29 is 9.59 Å². The molecule has 0 aliphatic heterocycles. The second kappa shape index (κ2) is 10.4. The van der Waals surface area contributed by atoms with Crippen LogP contribution in [-0.2, 0) is 16.1 Å². The zero-order valence-corrected chi connectivity index (χ0v) is 19.0. The van der Waals surface area contributed by atoms with Crippen LogP contribution in [0, 0.1) is 6.92 Å². The number of amides is 2. The Kier molecular flexibility index (Phi) is 6.93. The Morgan fingerprint density at radius 2 is 1.82 bits per heavy atom. The van der Waals surface area contributed by atoms with Gasteiger partial charge in [-0.1, -0.05) is 36.4 Å². The molecule has 2 aromatic heterocycles. The fourth-order valence-corrected chi connectivity index (χ4v) is 3.54. The number of benzene rings is 2. The van der Waals surface area contributed by atoms with Crippen molar-refractivity contribution in [1.29, 1.82) is 0 Å². The van der Waals surface area contributed by atoms with Crippen LogP contribution in [0.3, 0.4) is 0 Å². The summed E-state index contributed by atoms with van der Waals surface area (Å²) in [5, 5.41) is 10.3. The Bertz CT molecular complexity index is 1330. The van der Waals surface area contributed by atoms with E-state index in [1.807, 2.05) is 72.4 Å². The molecule has 2 heterocycles. The van der Waals surface area contributed by atoms with Gasteiger partial charge in [-0.25, -0.2) is 0 Å². The number of pyridine rings is 1. The molecule has 0 aliphatic carbocycles. The predicted octanol–water partition coefficient (Wildman–Crippen LogP) is 4.91. The lowest BCUT2D eigenvalue weighted by Gasteiger charge is -2.11. The van der Waals surface area contributed by atoms with Crippen LogP contribution in [0.25, 0.3) is 17.3 Å². The highest BCUT2D eigenvalue weighted by Crippen LogP contribution is 2.25.